The summed E-state index contributed by atoms with van der Waals surface area (Å²) in [6.07, 6.45) is 1.84. The van der Waals surface area contributed by atoms with E-state index in [1.54, 1.807) is 12.1 Å². The molecule has 3 heteroatoms. The van der Waals surface area contributed by atoms with Gasteiger partial charge in [-0.1, -0.05) is 42.5 Å². The topological polar surface area (TPSA) is 45.1 Å². The first-order chi connectivity index (χ1) is 10.7. The highest BCUT2D eigenvalue weighted by atomic mass is 16.3. The minimum atomic E-state index is 0.202. The molecule has 1 aromatic heterocycles. The van der Waals surface area contributed by atoms with Crippen molar-refractivity contribution in [2.24, 2.45) is 0 Å². The van der Waals surface area contributed by atoms with E-state index in [0.29, 0.717) is 0 Å². The Kier molecular flexibility index (Phi) is 4.05. The van der Waals surface area contributed by atoms with Gasteiger partial charge in [0, 0.05) is 17.8 Å². The van der Waals surface area contributed by atoms with Crippen molar-refractivity contribution >= 4 is 5.82 Å². The number of nitrogens with zero attached hydrogens (tertiary/aromatic N) is 1. The highest BCUT2D eigenvalue weighted by molar-refractivity contribution is 5.64. The van der Waals surface area contributed by atoms with Crippen molar-refractivity contribution in [1.82, 2.24) is 4.98 Å². The molecule has 1 heterocycles. The number of hydrogen-bond acceptors (Lipinski definition) is 3. The van der Waals surface area contributed by atoms with Crippen molar-refractivity contribution in [3.63, 3.8) is 0 Å². The Bertz CT molecular complexity index is 722. The van der Waals surface area contributed by atoms with Crippen molar-refractivity contribution in [1.29, 1.82) is 0 Å². The lowest BCUT2D eigenvalue weighted by Crippen LogP contribution is -2.07. The van der Waals surface area contributed by atoms with Crippen molar-refractivity contribution in [2.75, 3.05) is 5.32 Å². The minimum Gasteiger partial charge on any atom is -0.508 e. The van der Waals surface area contributed by atoms with Gasteiger partial charge in [0.2, 0.25) is 0 Å². The van der Waals surface area contributed by atoms with Crippen LogP contribution in [-0.4, -0.2) is 10.1 Å². The molecule has 0 saturated heterocycles. The zero-order chi connectivity index (χ0) is 15.4. The molecule has 110 valence electrons. The molecule has 0 saturated carbocycles. The lowest BCUT2D eigenvalue weighted by atomic mass is 10.1. The molecule has 0 bridgehead atoms. The number of hydrogen-bond donors (Lipinski definition) is 2. The number of benzene rings is 2. The lowest BCUT2D eigenvalue weighted by Gasteiger charge is -2.15. The summed E-state index contributed by atoms with van der Waals surface area (Å²) in [5, 5.41) is 12.7. The summed E-state index contributed by atoms with van der Waals surface area (Å²) in [4.78, 5) is 4.47. The largest absolute Gasteiger partial charge is 0.508 e. The molecule has 3 rings (SSSR count). The zero-order valence-electron chi connectivity index (χ0n) is 12.4. The smallest absolute Gasteiger partial charge is 0.126 e. The van der Waals surface area contributed by atoms with Gasteiger partial charge in [0.1, 0.15) is 11.6 Å². The van der Waals surface area contributed by atoms with Crippen molar-refractivity contribution in [3.05, 3.63) is 78.5 Å². The number of aromatic hydroxyl groups is 1. The molecule has 0 fully saturated rings. The van der Waals surface area contributed by atoms with Gasteiger partial charge in [-0.3, -0.25) is 0 Å². The molecule has 0 aliphatic heterocycles. The number of phenols is 1. The first-order valence-electron chi connectivity index (χ1n) is 7.29. The van der Waals surface area contributed by atoms with Crippen LogP contribution in [0.25, 0.3) is 11.1 Å². The Hall–Kier alpha value is -2.81. The third kappa shape index (κ3) is 3.26. The Morgan fingerprint density at radius 2 is 1.55 bits per heavy atom. The molecule has 2 aromatic carbocycles. The van der Waals surface area contributed by atoms with E-state index < -0.39 is 0 Å². The van der Waals surface area contributed by atoms with E-state index in [1.807, 2.05) is 48.7 Å². The fourth-order valence-corrected chi connectivity index (χ4v) is 2.35. The minimum absolute atomic E-state index is 0.202. The maximum Gasteiger partial charge on any atom is 0.126 e. The fourth-order valence-electron chi connectivity index (χ4n) is 2.35. The Labute approximate surface area is 130 Å². The molecule has 22 heavy (non-hydrogen) atoms. The average molecular weight is 290 g/mol. The van der Waals surface area contributed by atoms with E-state index in [0.717, 1.165) is 16.9 Å². The predicted molar refractivity (Wildman–Crippen MR) is 89.8 cm³/mol. The van der Waals surface area contributed by atoms with E-state index in [9.17, 15) is 5.11 Å². The quantitative estimate of drug-likeness (QED) is 0.736. The second kappa shape index (κ2) is 6.31. The van der Waals surface area contributed by atoms with Crippen molar-refractivity contribution < 1.29 is 5.11 Å². The van der Waals surface area contributed by atoms with Crippen LogP contribution >= 0.6 is 0 Å². The monoisotopic (exact) mass is 290 g/mol. The maximum absolute atomic E-state index is 9.33. The summed E-state index contributed by atoms with van der Waals surface area (Å²) in [6.45, 7) is 2.12. The molecule has 0 radical (unpaired) electrons. The summed E-state index contributed by atoms with van der Waals surface area (Å²) in [5.74, 6) is 1.12. The van der Waals surface area contributed by atoms with Gasteiger partial charge in [-0.15, -0.1) is 0 Å². The SMILES string of the molecule is CC(Nc1ccc(-c2ccc(O)cc2)cn1)c1ccccc1. The summed E-state index contributed by atoms with van der Waals surface area (Å²) in [7, 11) is 0. The normalized spacial score (nSPS) is 11.9. The fraction of sp³-hybridized carbons (Fsp3) is 0.105. The standard InChI is InChI=1S/C19H18N2O/c1-14(15-5-3-2-4-6-15)21-19-12-9-17(13-20-19)16-7-10-18(22)11-8-16/h2-14,22H,1H3,(H,20,21). The van der Waals surface area contributed by atoms with Crippen LogP contribution in [-0.2, 0) is 0 Å². The third-order valence-electron chi connectivity index (χ3n) is 3.63. The first-order valence-corrected chi connectivity index (χ1v) is 7.29. The summed E-state index contributed by atoms with van der Waals surface area (Å²) in [5.41, 5.74) is 3.29. The Morgan fingerprint density at radius 3 is 2.18 bits per heavy atom. The Balaban J connectivity index is 1.73. The van der Waals surface area contributed by atoms with E-state index in [4.69, 9.17) is 0 Å². The molecule has 0 spiro atoms. The van der Waals surface area contributed by atoms with Gasteiger partial charge in [-0.05, 0) is 42.3 Å². The maximum atomic E-state index is 9.33. The molecule has 0 aliphatic carbocycles. The molecule has 3 nitrogen and oxygen atoms in total. The molecule has 3 aromatic rings. The number of pyridine rings is 1. The lowest BCUT2D eigenvalue weighted by molar-refractivity contribution is 0.475. The summed E-state index contributed by atoms with van der Waals surface area (Å²) in [6, 6.07) is 21.6. The second-order valence-electron chi connectivity index (χ2n) is 5.26. The van der Waals surface area contributed by atoms with Crippen LogP contribution in [0.15, 0.2) is 72.9 Å². The molecular weight excluding hydrogens is 272 g/mol. The molecule has 1 atom stereocenters. The van der Waals surface area contributed by atoms with Gasteiger partial charge in [0.15, 0.2) is 0 Å². The first kappa shape index (κ1) is 14.1. The van der Waals surface area contributed by atoms with Crippen LogP contribution in [0.4, 0.5) is 5.82 Å². The highest BCUT2D eigenvalue weighted by Crippen LogP contribution is 2.23. The van der Waals surface area contributed by atoms with Crippen LogP contribution < -0.4 is 5.32 Å². The van der Waals surface area contributed by atoms with Crippen LogP contribution in [0.5, 0.6) is 5.75 Å². The van der Waals surface area contributed by atoms with Crippen LogP contribution in [0.1, 0.15) is 18.5 Å². The van der Waals surface area contributed by atoms with E-state index in [2.05, 4.69) is 29.4 Å². The molecular formula is C19H18N2O. The van der Waals surface area contributed by atoms with Gasteiger partial charge in [-0.2, -0.15) is 0 Å². The van der Waals surface area contributed by atoms with Gasteiger partial charge < -0.3 is 10.4 Å². The number of aromatic nitrogens is 1. The van der Waals surface area contributed by atoms with Gasteiger partial charge in [0.25, 0.3) is 0 Å². The average Bonchev–Trinajstić information content (AvgIpc) is 2.57. The van der Waals surface area contributed by atoms with Crippen LogP contribution in [0.3, 0.4) is 0 Å². The van der Waals surface area contributed by atoms with E-state index in [1.165, 1.54) is 5.56 Å². The van der Waals surface area contributed by atoms with E-state index in [-0.39, 0.29) is 11.8 Å². The second-order valence-corrected chi connectivity index (χ2v) is 5.26. The summed E-state index contributed by atoms with van der Waals surface area (Å²) >= 11 is 0. The molecule has 1 unspecified atom stereocenters. The predicted octanol–water partition coefficient (Wildman–Crippen LogP) is 4.63. The summed E-state index contributed by atoms with van der Waals surface area (Å²) < 4.78 is 0. The van der Waals surface area contributed by atoms with Crippen LogP contribution in [0.2, 0.25) is 0 Å². The number of phenolic OH excluding ortho intramolecular Hbond substituents is 1. The molecule has 0 aliphatic rings. The van der Waals surface area contributed by atoms with Gasteiger partial charge in [-0.25, -0.2) is 4.98 Å². The zero-order valence-corrected chi connectivity index (χ0v) is 12.4. The van der Waals surface area contributed by atoms with Crippen LogP contribution in [0, 0.1) is 0 Å². The van der Waals surface area contributed by atoms with Gasteiger partial charge >= 0.3 is 0 Å². The van der Waals surface area contributed by atoms with Gasteiger partial charge in [0.05, 0.1) is 0 Å². The highest BCUT2D eigenvalue weighted by Gasteiger charge is 2.05. The number of rotatable bonds is 4. The van der Waals surface area contributed by atoms with E-state index >= 15 is 0 Å². The number of anilines is 1. The van der Waals surface area contributed by atoms with Crippen molar-refractivity contribution in [3.8, 4) is 16.9 Å². The third-order valence-corrected chi connectivity index (χ3v) is 3.63. The number of nitrogens with one attached hydrogen (secondary N) is 1. The van der Waals surface area contributed by atoms with Crippen molar-refractivity contribution in [2.45, 2.75) is 13.0 Å². The molecule has 0 amide bonds. The Morgan fingerprint density at radius 1 is 0.864 bits per heavy atom. The molecule has 2 N–H and O–H groups in total.